The van der Waals surface area contributed by atoms with Crippen molar-refractivity contribution in [3.05, 3.63) is 72.8 Å². The lowest BCUT2D eigenvalue weighted by atomic mass is 9.92. The Labute approximate surface area is 148 Å². The van der Waals surface area contributed by atoms with E-state index in [9.17, 15) is 10.2 Å². The van der Waals surface area contributed by atoms with Crippen molar-refractivity contribution in [3.63, 3.8) is 0 Å². The standard InChI is InChI=1S/C21H24O4/c1-3-17-5-9-19(10-6-17)24-15-21(13-22,14-23)16-25-20-11-7-18(4-2)8-12-20/h3-12,22-23H,1-2,13-16H2. The van der Waals surface area contributed by atoms with Crippen molar-refractivity contribution in [1.29, 1.82) is 0 Å². The van der Waals surface area contributed by atoms with Crippen LogP contribution in [0.3, 0.4) is 0 Å². The summed E-state index contributed by atoms with van der Waals surface area (Å²) in [6.07, 6.45) is 3.50. The third kappa shape index (κ3) is 5.21. The van der Waals surface area contributed by atoms with E-state index in [-0.39, 0.29) is 26.4 Å². The monoisotopic (exact) mass is 340 g/mol. The molecular weight excluding hydrogens is 316 g/mol. The number of rotatable bonds is 10. The Hall–Kier alpha value is -2.56. The highest BCUT2D eigenvalue weighted by molar-refractivity contribution is 5.48. The Balaban J connectivity index is 1.97. The molecule has 4 heteroatoms. The molecule has 2 aromatic carbocycles. The van der Waals surface area contributed by atoms with Crippen LogP contribution in [0.1, 0.15) is 11.1 Å². The molecule has 0 atom stereocenters. The normalized spacial score (nSPS) is 11.0. The van der Waals surface area contributed by atoms with Crippen molar-refractivity contribution in [2.24, 2.45) is 5.41 Å². The zero-order valence-corrected chi connectivity index (χ0v) is 14.2. The number of hydrogen-bond donors (Lipinski definition) is 2. The van der Waals surface area contributed by atoms with Crippen molar-refractivity contribution >= 4 is 12.2 Å². The van der Waals surface area contributed by atoms with Crippen LogP contribution in [0.4, 0.5) is 0 Å². The molecule has 0 spiro atoms. The summed E-state index contributed by atoms with van der Waals surface area (Å²) in [6, 6.07) is 14.9. The van der Waals surface area contributed by atoms with Crippen LogP contribution in [0.25, 0.3) is 12.2 Å². The second-order valence-corrected chi connectivity index (χ2v) is 5.94. The fourth-order valence-electron chi connectivity index (χ4n) is 2.15. The smallest absolute Gasteiger partial charge is 0.119 e. The maximum absolute atomic E-state index is 9.75. The number of hydrogen-bond acceptors (Lipinski definition) is 4. The van der Waals surface area contributed by atoms with Gasteiger partial charge in [0.2, 0.25) is 0 Å². The topological polar surface area (TPSA) is 58.9 Å². The molecule has 0 radical (unpaired) electrons. The van der Waals surface area contributed by atoms with Crippen LogP contribution in [0, 0.1) is 5.41 Å². The summed E-state index contributed by atoms with van der Waals surface area (Å²) in [5.74, 6) is 1.32. The van der Waals surface area contributed by atoms with Gasteiger partial charge in [-0.3, -0.25) is 0 Å². The van der Waals surface area contributed by atoms with Crippen molar-refractivity contribution < 1.29 is 19.7 Å². The van der Waals surface area contributed by atoms with Gasteiger partial charge in [-0.1, -0.05) is 49.6 Å². The predicted molar refractivity (Wildman–Crippen MR) is 101 cm³/mol. The second-order valence-electron chi connectivity index (χ2n) is 5.94. The number of aliphatic hydroxyl groups is 2. The molecule has 2 N–H and O–H groups in total. The molecule has 25 heavy (non-hydrogen) atoms. The molecule has 2 aromatic rings. The Kier molecular flexibility index (Phi) is 6.81. The molecule has 0 aromatic heterocycles. The van der Waals surface area contributed by atoms with Gasteiger partial charge in [0, 0.05) is 0 Å². The summed E-state index contributed by atoms with van der Waals surface area (Å²) in [4.78, 5) is 0. The van der Waals surface area contributed by atoms with E-state index in [0.29, 0.717) is 11.5 Å². The molecule has 2 rings (SSSR count). The van der Waals surface area contributed by atoms with Gasteiger partial charge in [-0.15, -0.1) is 0 Å². The zero-order valence-electron chi connectivity index (χ0n) is 14.2. The fraction of sp³-hybridized carbons (Fsp3) is 0.238. The highest BCUT2D eigenvalue weighted by Gasteiger charge is 2.31. The molecule has 4 nitrogen and oxygen atoms in total. The van der Waals surface area contributed by atoms with E-state index in [1.54, 1.807) is 12.2 Å². The van der Waals surface area contributed by atoms with Gasteiger partial charge in [0.05, 0.1) is 18.6 Å². The molecule has 0 saturated heterocycles. The molecule has 132 valence electrons. The summed E-state index contributed by atoms with van der Waals surface area (Å²) in [5, 5.41) is 19.5. The summed E-state index contributed by atoms with van der Waals surface area (Å²) in [6.45, 7) is 7.19. The second kappa shape index (κ2) is 9.06. The van der Waals surface area contributed by atoms with Gasteiger partial charge in [-0.05, 0) is 35.4 Å². The lowest BCUT2D eigenvalue weighted by Gasteiger charge is -2.29. The SMILES string of the molecule is C=Cc1ccc(OCC(CO)(CO)COc2ccc(C=C)cc2)cc1. The van der Waals surface area contributed by atoms with E-state index < -0.39 is 5.41 Å². The van der Waals surface area contributed by atoms with E-state index in [1.807, 2.05) is 48.5 Å². The molecule has 0 aliphatic heterocycles. The predicted octanol–water partition coefficient (Wildman–Crippen LogP) is 3.40. The molecule has 0 saturated carbocycles. The molecule has 0 amide bonds. The minimum absolute atomic E-state index is 0.137. The van der Waals surface area contributed by atoms with E-state index >= 15 is 0 Å². The van der Waals surface area contributed by atoms with Gasteiger partial charge >= 0.3 is 0 Å². The maximum Gasteiger partial charge on any atom is 0.119 e. The molecular formula is C21H24O4. The number of aliphatic hydroxyl groups excluding tert-OH is 2. The molecule has 0 aliphatic rings. The first-order valence-corrected chi connectivity index (χ1v) is 8.07. The summed E-state index contributed by atoms with van der Waals surface area (Å²) < 4.78 is 11.5. The van der Waals surface area contributed by atoms with Gasteiger partial charge in [0.1, 0.15) is 24.7 Å². The first-order chi connectivity index (χ1) is 12.1. The van der Waals surface area contributed by atoms with Crippen LogP contribution in [-0.4, -0.2) is 36.6 Å². The molecule has 0 bridgehead atoms. The first-order valence-electron chi connectivity index (χ1n) is 8.07. The Morgan fingerprint density at radius 3 is 1.36 bits per heavy atom. The van der Waals surface area contributed by atoms with Crippen molar-refractivity contribution in [2.45, 2.75) is 0 Å². The lowest BCUT2D eigenvalue weighted by Crippen LogP contribution is -2.41. The van der Waals surface area contributed by atoms with Crippen molar-refractivity contribution in [2.75, 3.05) is 26.4 Å². The average molecular weight is 340 g/mol. The van der Waals surface area contributed by atoms with Gasteiger partial charge in [-0.2, -0.15) is 0 Å². The largest absolute Gasteiger partial charge is 0.493 e. The quantitative estimate of drug-likeness (QED) is 0.696. The van der Waals surface area contributed by atoms with Gasteiger partial charge in [-0.25, -0.2) is 0 Å². The third-order valence-electron chi connectivity index (χ3n) is 3.99. The highest BCUT2D eigenvalue weighted by Crippen LogP contribution is 2.22. The van der Waals surface area contributed by atoms with Crippen LogP contribution in [0.2, 0.25) is 0 Å². The Bertz CT molecular complexity index is 613. The summed E-state index contributed by atoms with van der Waals surface area (Å²) in [7, 11) is 0. The fourth-order valence-corrected chi connectivity index (χ4v) is 2.15. The van der Waals surface area contributed by atoms with Gasteiger partial charge in [0.15, 0.2) is 0 Å². The Morgan fingerprint density at radius 2 is 1.08 bits per heavy atom. The van der Waals surface area contributed by atoms with Crippen LogP contribution in [0.5, 0.6) is 11.5 Å². The molecule has 0 aliphatic carbocycles. The minimum Gasteiger partial charge on any atom is -0.493 e. The van der Waals surface area contributed by atoms with Gasteiger partial charge < -0.3 is 19.7 Å². The van der Waals surface area contributed by atoms with Crippen LogP contribution in [-0.2, 0) is 0 Å². The highest BCUT2D eigenvalue weighted by atomic mass is 16.5. The zero-order chi connectivity index (χ0) is 18.1. The minimum atomic E-state index is -0.895. The number of benzene rings is 2. The van der Waals surface area contributed by atoms with Crippen LogP contribution < -0.4 is 9.47 Å². The van der Waals surface area contributed by atoms with Crippen LogP contribution >= 0.6 is 0 Å². The Morgan fingerprint density at radius 1 is 0.720 bits per heavy atom. The average Bonchev–Trinajstić information content (AvgIpc) is 2.69. The molecule has 0 heterocycles. The maximum atomic E-state index is 9.75. The lowest BCUT2D eigenvalue weighted by molar-refractivity contribution is -0.0186. The summed E-state index contributed by atoms with van der Waals surface area (Å²) >= 11 is 0. The van der Waals surface area contributed by atoms with Crippen molar-refractivity contribution in [1.82, 2.24) is 0 Å². The van der Waals surface area contributed by atoms with Gasteiger partial charge in [0.25, 0.3) is 0 Å². The van der Waals surface area contributed by atoms with E-state index in [4.69, 9.17) is 9.47 Å². The summed E-state index contributed by atoms with van der Waals surface area (Å²) in [5.41, 5.74) is 1.09. The first kappa shape index (κ1) is 18.8. The molecule has 0 unspecified atom stereocenters. The molecule has 0 fully saturated rings. The van der Waals surface area contributed by atoms with E-state index in [0.717, 1.165) is 11.1 Å². The third-order valence-corrected chi connectivity index (χ3v) is 3.99. The van der Waals surface area contributed by atoms with Crippen molar-refractivity contribution in [3.8, 4) is 11.5 Å². The van der Waals surface area contributed by atoms with E-state index in [1.165, 1.54) is 0 Å². The van der Waals surface area contributed by atoms with Crippen LogP contribution in [0.15, 0.2) is 61.7 Å². The number of ether oxygens (including phenoxy) is 2. The van der Waals surface area contributed by atoms with E-state index in [2.05, 4.69) is 13.2 Å².